The Bertz CT molecular complexity index is 967. The highest BCUT2D eigenvalue weighted by molar-refractivity contribution is 7.89. The average Bonchev–Trinajstić information content (AvgIpc) is 2.55. The average molecular weight is 341 g/mol. The van der Waals surface area contributed by atoms with Crippen molar-refractivity contribution in [1.82, 2.24) is 4.98 Å². The minimum Gasteiger partial charge on any atom is -0.370 e. The molecular formula is C18H19N3O2S. The molecule has 24 heavy (non-hydrogen) atoms. The van der Waals surface area contributed by atoms with E-state index in [0.717, 1.165) is 28.7 Å². The third kappa shape index (κ3) is 3.72. The summed E-state index contributed by atoms with van der Waals surface area (Å²) in [5, 5.41) is 9.57. The molecule has 5 nitrogen and oxygen atoms in total. The van der Waals surface area contributed by atoms with E-state index in [2.05, 4.69) is 23.3 Å². The van der Waals surface area contributed by atoms with Crippen molar-refractivity contribution >= 4 is 26.7 Å². The number of hydrogen-bond acceptors (Lipinski definition) is 4. The topological polar surface area (TPSA) is 85.1 Å². The number of hydrogen-bond donors (Lipinski definition) is 2. The summed E-state index contributed by atoms with van der Waals surface area (Å²) >= 11 is 0. The summed E-state index contributed by atoms with van der Waals surface area (Å²) in [6.45, 7) is 2.78. The lowest BCUT2D eigenvalue weighted by Crippen LogP contribution is -2.12. The summed E-state index contributed by atoms with van der Waals surface area (Å²) in [6.07, 6.45) is 0.762. The lowest BCUT2D eigenvalue weighted by atomic mass is 10.1. The molecule has 1 heterocycles. The summed E-state index contributed by atoms with van der Waals surface area (Å²) in [6, 6.07) is 16.7. The SMILES string of the molecule is Cc1cc(NCCc2ccc(S(N)(=O)=O)cc2)nc2ccccc12. The third-order valence-electron chi connectivity index (χ3n) is 3.89. The van der Waals surface area contributed by atoms with Gasteiger partial charge in [-0.2, -0.15) is 0 Å². The normalized spacial score (nSPS) is 11.6. The molecule has 0 amide bonds. The van der Waals surface area contributed by atoms with Crippen LogP contribution >= 0.6 is 0 Å². The number of primary sulfonamides is 1. The molecule has 124 valence electrons. The first-order valence-corrected chi connectivity index (χ1v) is 9.20. The lowest BCUT2D eigenvalue weighted by Gasteiger charge is -2.09. The predicted octanol–water partition coefficient (Wildman–Crippen LogP) is 2.85. The molecule has 0 fully saturated rings. The minimum atomic E-state index is -3.63. The molecule has 0 aliphatic carbocycles. The van der Waals surface area contributed by atoms with Gasteiger partial charge in [-0.3, -0.25) is 0 Å². The van der Waals surface area contributed by atoms with Crippen LogP contribution in [0.25, 0.3) is 10.9 Å². The Morgan fingerprint density at radius 1 is 1.08 bits per heavy atom. The second-order valence-corrected chi connectivity index (χ2v) is 7.27. The van der Waals surface area contributed by atoms with Gasteiger partial charge in [0.25, 0.3) is 0 Å². The van der Waals surface area contributed by atoms with Crippen molar-refractivity contribution in [1.29, 1.82) is 0 Å². The number of nitrogens with one attached hydrogen (secondary N) is 1. The molecule has 3 aromatic rings. The third-order valence-corrected chi connectivity index (χ3v) is 4.82. The van der Waals surface area contributed by atoms with Crippen LogP contribution in [0.3, 0.4) is 0 Å². The Kier molecular flexibility index (Phi) is 4.51. The Morgan fingerprint density at radius 3 is 2.50 bits per heavy atom. The van der Waals surface area contributed by atoms with Crippen molar-refractivity contribution in [3.05, 3.63) is 65.7 Å². The minimum absolute atomic E-state index is 0.131. The highest BCUT2D eigenvalue weighted by Gasteiger charge is 2.07. The van der Waals surface area contributed by atoms with Crippen molar-refractivity contribution in [2.45, 2.75) is 18.2 Å². The van der Waals surface area contributed by atoms with Crippen molar-refractivity contribution in [2.75, 3.05) is 11.9 Å². The number of aromatic nitrogens is 1. The summed E-state index contributed by atoms with van der Waals surface area (Å²) in [4.78, 5) is 4.74. The summed E-state index contributed by atoms with van der Waals surface area (Å²) in [7, 11) is -3.63. The van der Waals surface area contributed by atoms with Crippen LogP contribution in [0.2, 0.25) is 0 Å². The maximum Gasteiger partial charge on any atom is 0.238 e. The van der Waals surface area contributed by atoms with Gasteiger partial charge in [0.1, 0.15) is 5.82 Å². The van der Waals surface area contributed by atoms with Crippen LogP contribution in [0.5, 0.6) is 0 Å². The lowest BCUT2D eigenvalue weighted by molar-refractivity contribution is 0.598. The van der Waals surface area contributed by atoms with Gasteiger partial charge in [-0.05, 0) is 48.7 Å². The number of benzene rings is 2. The van der Waals surface area contributed by atoms with Crippen LogP contribution in [0, 0.1) is 6.92 Å². The van der Waals surface area contributed by atoms with E-state index in [0.29, 0.717) is 6.54 Å². The fourth-order valence-corrected chi connectivity index (χ4v) is 3.14. The number of nitrogens with two attached hydrogens (primary N) is 1. The van der Waals surface area contributed by atoms with Gasteiger partial charge in [-0.15, -0.1) is 0 Å². The quantitative estimate of drug-likeness (QED) is 0.747. The van der Waals surface area contributed by atoms with E-state index >= 15 is 0 Å². The molecule has 0 aliphatic rings. The highest BCUT2D eigenvalue weighted by atomic mass is 32.2. The first-order valence-electron chi connectivity index (χ1n) is 7.65. The van der Waals surface area contributed by atoms with Crippen molar-refractivity contribution in [3.8, 4) is 0 Å². The highest BCUT2D eigenvalue weighted by Crippen LogP contribution is 2.19. The molecule has 3 rings (SSSR count). The molecule has 0 bridgehead atoms. The number of para-hydroxylation sites is 1. The van der Waals surface area contributed by atoms with Crippen molar-refractivity contribution < 1.29 is 8.42 Å². The zero-order valence-corrected chi connectivity index (χ0v) is 14.2. The number of aryl methyl sites for hydroxylation is 1. The number of rotatable bonds is 5. The molecule has 0 radical (unpaired) electrons. The van der Waals surface area contributed by atoms with Gasteiger partial charge in [-0.1, -0.05) is 30.3 Å². The summed E-state index contributed by atoms with van der Waals surface area (Å²) < 4.78 is 22.5. The molecule has 1 aromatic heterocycles. The number of sulfonamides is 1. The monoisotopic (exact) mass is 341 g/mol. The van der Waals surface area contributed by atoms with Crippen LogP contribution in [0.15, 0.2) is 59.5 Å². The fraction of sp³-hybridized carbons (Fsp3) is 0.167. The fourth-order valence-electron chi connectivity index (χ4n) is 2.62. The Hall–Kier alpha value is -2.44. The van der Waals surface area contributed by atoms with Gasteiger partial charge in [0.15, 0.2) is 0 Å². The largest absolute Gasteiger partial charge is 0.370 e. The summed E-state index contributed by atoms with van der Waals surface area (Å²) in [5.74, 6) is 0.840. The molecular weight excluding hydrogens is 322 g/mol. The Morgan fingerprint density at radius 2 is 1.79 bits per heavy atom. The predicted molar refractivity (Wildman–Crippen MR) is 96.5 cm³/mol. The zero-order chi connectivity index (χ0) is 17.2. The first-order chi connectivity index (χ1) is 11.4. The number of pyridine rings is 1. The van der Waals surface area contributed by atoms with E-state index in [9.17, 15) is 8.42 Å². The summed E-state index contributed by atoms with van der Waals surface area (Å²) in [5.41, 5.74) is 3.19. The molecule has 0 unspecified atom stereocenters. The number of anilines is 1. The second-order valence-electron chi connectivity index (χ2n) is 5.71. The van der Waals surface area contributed by atoms with E-state index in [1.165, 1.54) is 17.7 Å². The van der Waals surface area contributed by atoms with E-state index in [4.69, 9.17) is 5.14 Å². The van der Waals surface area contributed by atoms with Gasteiger partial charge in [0.2, 0.25) is 10.0 Å². The van der Waals surface area contributed by atoms with E-state index in [1.54, 1.807) is 12.1 Å². The van der Waals surface area contributed by atoms with E-state index < -0.39 is 10.0 Å². The molecule has 0 saturated heterocycles. The van der Waals surface area contributed by atoms with Crippen LogP contribution in [0.4, 0.5) is 5.82 Å². The van der Waals surface area contributed by atoms with E-state index in [1.807, 2.05) is 24.3 Å². The molecule has 2 aromatic carbocycles. The van der Waals surface area contributed by atoms with Crippen LogP contribution in [-0.2, 0) is 16.4 Å². The van der Waals surface area contributed by atoms with Crippen LogP contribution in [-0.4, -0.2) is 19.9 Å². The van der Waals surface area contributed by atoms with Crippen molar-refractivity contribution in [2.24, 2.45) is 5.14 Å². The van der Waals surface area contributed by atoms with Gasteiger partial charge < -0.3 is 5.32 Å². The Balaban J connectivity index is 1.66. The molecule has 0 saturated carbocycles. The smallest absolute Gasteiger partial charge is 0.238 e. The Labute approximate surface area is 141 Å². The molecule has 0 spiro atoms. The van der Waals surface area contributed by atoms with E-state index in [-0.39, 0.29) is 4.90 Å². The van der Waals surface area contributed by atoms with Gasteiger partial charge in [0, 0.05) is 11.9 Å². The van der Waals surface area contributed by atoms with Crippen molar-refractivity contribution in [3.63, 3.8) is 0 Å². The second kappa shape index (κ2) is 6.59. The molecule has 3 N–H and O–H groups in total. The molecule has 0 atom stereocenters. The number of nitrogens with zero attached hydrogens (tertiary/aromatic N) is 1. The standard InChI is InChI=1S/C18H19N3O2S/c1-13-12-18(21-17-5-3-2-4-16(13)17)20-11-10-14-6-8-15(9-7-14)24(19,22)23/h2-9,12H,10-11H2,1H3,(H,20,21)(H2,19,22,23). The maximum atomic E-state index is 11.2. The molecule has 6 heteroatoms. The number of fused-ring (bicyclic) bond motifs is 1. The van der Waals surface area contributed by atoms with Crippen LogP contribution in [0.1, 0.15) is 11.1 Å². The maximum absolute atomic E-state index is 11.2. The zero-order valence-electron chi connectivity index (χ0n) is 13.4. The molecule has 0 aliphatic heterocycles. The van der Waals surface area contributed by atoms with Gasteiger partial charge in [-0.25, -0.2) is 18.5 Å². The van der Waals surface area contributed by atoms with Gasteiger partial charge >= 0.3 is 0 Å². The van der Waals surface area contributed by atoms with Gasteiger partial charge in [0.05, 0.1) is 10.4 Å². The first kappa shape index (κ1) is 16.4. The van der Waals surface area contributed by atoms with Crippen LogP contribution < -0.4 is 10.5 Å².